The van der Waals surface area contributed by atoms with E-state index in [2.05, 4.69) is 5.32 Å². The Morgan fingerprint density at radius 3 is 2.35 bits per heavy atom. The van der Waals surface area contributed by atoms with E-state index < -0.39 is 17.6 Å². The normalized spacial score (nSPS) is 11.4. The van der Waals surface area contributed by atoms with Crippen molar-refractivity contribution in [3.8, 4) is 0 Å². The van der Waals surface area contributed by atoms with Gasteiger partial charge in [0.2, 0.25) is 0 Å². The number of fused-ring (bicyclic) bond motifs is 1. The van der Waals surface area contributed by atoms with Crippen LogP contribution in [0.1, 0.15) is 15.9 Å². The Hall–Kier alpha value is -2.82. The molecular weight excluding hydrogens is 303 g/mol. The van der Waals surface area contributed by atoms with Crippen LogP contribution in [-0.2, 0) is 6.18 Å². The lowest BCUT2D eigenvalue weighted by atomic mass is 10.1. The van der Waals surface area contributed by atoms with Crippen LogP contribution in [0.3, 0.4) is 0 Å². The van der Waals surface area contributed by atoms with Crippen molar-refractivity contribution in [1.29, 1.82) is 0 Å². The second kappa shape index (κ2) is 5.76. The zero-order valence-electron chi connectivity index (χ0n) is 11.9. The third-order valence-corrected chi connectivity index (χ3v) is 3.49. The topological polar surface area (TPSA) is 29.1 Å². The van der Waals surface area contributed by atoms with Crippen LogP contribution in [0.25, 0.3) is 10.8 Å². The summed E-state index contributed by atoms with van der Waals surface area (Å²) in [5, 5.41) is 4.44. The fourth-order valence-electron chi connectivity index (χ4n) is 2.37. The summed E-state index contributed by atoms with van der Waals surface area (Å²) in [5.41, 5.74) is -0.318. The molecule has 0 aliphatic rings. The predicted molar refractivity (Wildman–Crippen MR) is 83.3 cm³/mol. The maximum atomic E-state index is 12.7. The minimum atomic E-state index is -4.48. The Balaban J connectivity index is 1.92. The standard InChI is InChI=1S/C18H12F3NO/c19-18(20,21)14-8-3-7-13(11-14)17(23)22-16-10-4-6-12-5-1-2-9-15(12)16/h1-11H,(H,22,23). The molecule has 1 amide bonds. The van der Waals surface area contributed by atoms with Gasteiger partial charge in [-0.1, -0.05) is 42.5 Å². The van der Waals surface area contributed by atoms with Gasteiger partial charge < -0.3 is 5.32 Å². The van der Waals surface area contributed by atoms with Crippen LogP contribution in [0, 0.1) is 0 Å². The molecule has 0 unspecified atom stereocenters. The Kier molecular flexibility index (Phi) is 3.78. The molecule has 0 radical (unpaired) electrons. The number of hydrogen-bond acceptors (Lipinski definition) is 1. The van der Waals surface area contributed by atoms with Crippen molar-refractivity contribution in [2.24, 2.45) is 0 Å². The summed E-state index contributed by atoms with van der Waals surface area (Å²) in [6.45, 7) is 0. The van der Waals surface area contributed by atoms with Crippen molar-refractivity contribution in [1.82, 2.24) is 0 Å². The molecule has 0 spiro atoms. The lowest BCUT2D eigenvalue weighted by molar-refractivity contribution is -0.137. The van der Waals surface area contributed by atoms with Crippen molar-refractivity contribution in [3.05, 3.63) is 77.9 Å². The number of carbonyl (C=O) groups excluding carboxylic acids is 1. The first-order chi connectivity index (χ1) is 10.9. The molecule has 0 bridgehead atoms. The molecule has 0 saturated heterocycles. The smallest absolute Gasteiger partial charge is 0.321 e. The highest BCUT2D eigenvalue weighted by Gasteiger charge is 2.30. The van der Waals surface area contributed by atoms with E-state index in [4.69, 9.17) is 0 Å². The van der Waals surface area contributed by atoms with Gasteiger partial charge in [-0.15, -0.1) is 0 Å². The molecule has 0 aliphatic heterocycles. The highest BCUT2D eigenvalue weighted by molar-refractivity contribution is 6.09. The first kappa shape index (κ1) is 15.1. The van der Waals surface area contributed by atoms with Crippen LogP contribution < -0.4 is 5.32 Å². The van der Waals surface area contributed by atoms with Gasteiger partial charge in [0.1, 0.15) is 0 Å². The van der Waals surface area contributed by atoms with E-state index in [1.165, 1.54) is 12.1 Å². The van der Waals surface area contributed by atoms with E-state index in [1.54, 1.807) is 12.1 Å². The van der Waals surface area contributed by atoms with Crippen LogP contribution in [-0.4, -0.2) is 5.91 Å². The van der Waals surface area contributed by atoms with E-state index in [9.17, 15) is 18.0 Å². The van der Waals surface area contributed by atoms with Crippen molar-refractivity contribution >= 4 is 22.4 Å². The van der Waals surface area contributed by atoms with Crippen molar-refractivity contribution in [2.45, 2.75) is 6.18 Å². The summed E-state index contributed by atoms with van der Waals surface area (Å²) in [5.74, 6) is -0.576. The van der Waals surface area contributed by atoms with Gasteiger partial charge in [0.05, 0.1) is 5.56 Å². The number of nitrogens with one attached hydrogen (secondary N) is 1. The molecule has 0 heterocycles. The van der Waals surface area contributed by atoms with Crippen LogP contribution in [0.15, 0.2) is 66.7 Å². The van der Waals surface area contributed by atoms with E-state index in [0.717, 1.165) is 22.9 Å². The Bertz CT molecular complexity index is 866. The number of carbonyl (C=O) groups is 1. The highest BCUT2D eigenvalue weighted by atomic mass is 19.4. The summed E-state index contributed by atoms with van der Waals surface area (Å²) in [6, 6.07) is 17.2. The molecule has 0 fully saturated rings. The molecule has 0 aromatic heterocycles. The van der Waals surface area contributed by atoms with Crippen molar-refractivity contribution in [3.63, 3.8) is 0 Å². The van der Waals surface area contributed by atoms with Gasteiger partial charge >= 0.3 is 6.18 Å². The van der Waals surface area contributed by atoms with Crippen LogP contribution in [0.2, 0.25) is 0 Å². The second-order valence-electron chi connectivity index (χ2n) is 5.06. The minimum absolute atomic E-state index is 0.0345. The monoisotopic (exact) mass is 315 g/mol. The van der Waals surface area contributed by atoms with Crippen LogP contribution in [0.5, 0.6) is 0 Å². The highest BCUT2D eigenvalue weighted by Crippen LogP contribution is 2.30. The minimum Gasteiger partial charge on any atom is -0.321 e. The zero-order valence-corrected chi connectivity index (χ0v) is 11.9. The fourth-order valence-corrected chi connectivity index (χ4v) is 2.37. The number of amides is 1. The largest absolute Gasteiger partial charge is 0.416 e. The van der Waals surface area contributed by atoms with Gasteiger partial charge in [-0.25, -0.2) is 0 Å². The third kappa shape index (κ3) is 3.18. The van der Waals surface area contributed by atoms with Gasteiger partial charge in [0.25, 0.3) is 5.91 Å². The van der Waals surface area contributed by atoms with E-state index in [-0.39, 0.29) is 5.56 Å². The Morgan fingerprint density at radius 2 is 1.57 bits per heavy atom. The molecule has 116 valence electrons. The summed E-state index contributed by atoms with van der Waals surface area (Å²) >= 11 is 0. The molecule has 3 aromatic rings. The SMILES string of the molecule is O=C(Nc1cccc2ccccc12)c1cccc(C(F)(F)F)c1. The molecule has 1 N–H and O–H groups in total. The predicted octanol–water partition coefficient (Wildman–Crippen LogP) is 5.11. The number of rotatable bonds is 2. The zero-order chi connectivity index (χ0) is 16.4. The second-order valence-corrected chi connectivity index (χ2v) is 5.06. The maximum Gasteiger partial charge on any atom is 0.416 e. The summed E-state index contributed by atoms with van der Waals surface area (Å²) in [6.07, 6.45) is -4.48. The maximum absolute atomic E-state index is 12.7. The number of benzene rings is 3. The average Bonchev–Trinajstić information content (AvgIpc) is 2.54. The van der Waals surface area contributed by atoms with Crippen LogP contribution in [0.4, 0.5) is 18.9 Å². The van der Waals surface area contributed by atoms with Crippen molar-refractivity contribution < 1.29 is 18.0 Å². The Labute approximate surface area is 130 Å². The fraction of sp³-hybridized carbons (Fsp3) is 0.0556. The quantitative estimate of drug-likeness (QED) is 0.699. The molecule has 3 aromatic carbocycles. The first-order valence-corrected chi connectivity index (χ1v) is 6.91. The third-order valence-electron chi connectivity index (χ3n) is 3.49. The molecule has 0 atom stereocenters. The van der Waals surface area contributed by atoms with Gasteiger partial charge in [-0.05, 0) is 29.7 Å². The molecule has 0 aliphatic carbocycles. The molecule has 2 nitrogen and oxygen atoms in total. The first-order valence-electron chi connectivity index (χ1n) is 6.91. The number of anilines is 1. The molecule has 0 saturated carbocycles. The van der Waals surface area contributed by atoms with Gasteiger partial charge in [0.15, 0.2) is 0 Å². The van der Waals surface area contributed by atoms with Gasteiger partial charge in [-0.2, -0.15) is 13.2 Å². The number of alkyl halides is 3. The van der Waals surface area contributed by atoms with Crippen molar-refractivity contribution in [2.75, 3.05) is 5.32 Å². The molecule has 5 heteroatoms. The molecule has 23 heavy (non-hydrogen) atoms. The summed E-state index contributed by atoms with van der Waals surface area (Å²) in [7, 11) is 0. The van der Waals surface area contributed by atoms with Gasteiger partial charge in [0, 0.05) is 16.6 Å². The Morgan fingerprint density at radius 1 is 0.870 bits per heavy atom. The molecule has 3 rings (SSSR count). The lowest BCUT2D eigenvalue weighted by Crippen LogP contribution is -2.14. The van der Waals surface area contributed by atoms with E-state index in [0.29, 0.717) is 5.69 Å². The summed E-state index contributed by atoms with van der Waals surface area (Å²) < 4.78 is 38.2. The van der Waals surface area contributed by atoms with Crippen LogP contribution >= 0.6 is 0 Å². The average molecular weight is 315 g/mol. The van der Waals surface area contributed by atoms with E-state index in [1.807, 2.05) is 30.3 Å². The van der Waals surface area contributed by atoms with Gasteiger partial charge in [-0.3, -0.25) is 4.79 Å². The number of hydrogen-bond donors (Lipinski definition) is 1. The van der Waals surface area contributed by atoms with E-state index >= 15 is 0 Å². The summed E-state index contributed by atoms with van der Waals surface area (Å²) in [4.78, 5) is 12.3. The number of halogens is 3. The lowest BCUT2D eigenvalue weighted by Gasteiger charge is -2.11. The molecular formula is C18H12F3NO.